The Morgan fingerprint density at radius 2 is 1.70 bits per heavy atom. The van der Waals surface area contributed by atoms with E-state index in [0.29, 0.717) is 21.8 Å². The summed E-state index contributed by atoms with van der Waals surface area (Å²) in [6, 6.07) is 17.3. The van der Waals surface area contributed by atoms with E-state index in [-0.39, 0.29) is 5.91 Å². The van der Waals surface area contributed by atoms with Gasteiger partial charge in [0.25, 0.3) is 11.8 Å². The Labute approximate surface area is 178 Å². The average molecular weight is 416 g/mol. The van der Waals surface area contributed by atoms with Crippen LogP contribution in [0.1, 0.15) is 36.7 Å². The summed E-state index contributed by atoms with van der Waals surface area (Å²) in [5, 5.41) is 4.12. The molecule has 2 aromatic carbocycles. The molecule has 150 valence electrons. The van der Waals surface area contributed by atoms with Crippen LogP contribution in [0, 0.1) is 20.8 Å². The summed E-state index contributed by atoms with van der Waals surface area (Å²) in [5.41, 5.74) is 10.7. The zero-order valence-corrected chi connectivity index (χ0v) is 17.8. The number of pyridine rings is 1. The van der Waals surface area contributed by atoms with Gasteiger partial charge in [0, 0.05) is 15.8 Å². The number of aromatic nitrogens is 1. The number of carbonyl (C=O) groups is 2. The number of nitrogens with zero attached hydrogens (tertiary/aromatic N) is 1. The molecule has 0 radical (unpaired) electrons. The lowest BCUT2D eigenvalue weighted by Crippen LogP contribution is -2.18. The smallest absolute Gasteiger partial charge is 0.257 e. The number of rotatable bonds is 4. The Morgan fingerprint density at radius 1 is 1.00 bits per heavy atom. The van der Waals surface area contributed by atoms with E-state index >= 15 is 0 Å². The van der Waals surface area contributed by atoms with E-state index in [1.807, 2.05) is 69.3 Å². The van der Waals surface area contributed by atoms with Gasteiger partial charge in [0.1, 0.15) is 5.00 Å². The number of amides is 2. The molecule has 30 heavy (non-hydrogen) atoms. The Morgan fingerprint density at radius 3 is 2.40 bits per heavy atom. The van der Waals surface area contributed by atoms with Crippen molar-refractivity contribution >= 4 is 39.1 Å². The highest BCUT2D eigenvalue weighted by molar-refractivity contribution is 7.16. The van der Waals surface area contributed by atoms with E-state index in [1.54, 1.807) is 6.07 Å². The van der Waals surface area contributed by atoms with Crippen molar-refractivity contribution in [2.45, 2.75) is 20.8 Å². The number of aryl methyl sites for hydroxylation is 2. The van der Waals surface area contributed by atoms with Gasteiger partial charge in [-0.05, 0) is 38.5 Å². The molecule has 0 saturated carbocycles. The minimum Gasteiger partial charge on any atom is -0.365 e. The fourth-order valence-corrected chi connectivity index (χ4v) is 4.48. The summed E-state index contributed by atoms with van der Waals surface area (Å²) in [6.45, 7) is 5.76. The average Bonchev–Trinajstić information content (AvgIpc) is 3.00. The van der Waals surface area contributed by atoms with Crippen LogP contribution in [0.5, 0.6) is 0 Å². The summed E-state index contributed by atoms with van der Waals surface area (Å²) in [6.07, 6.45) is 0. The lowest BCUT2D eigenvalue weighted by Gasteiger charge is -2.11. The van der Waals surface area contributed by atoms with E-state index in [2.05, 4.69) is 5.32 Å². The second-order valence-corrected chi connectivity index (χ2v) is 8.47. The summed E-state index contributed by atoms with van der Waals surface area (Å²) in [5.74, 6) is -0.849. The molecular weight excluding hydrogens is 394 g/mol. The number of nitrogens with one attached hydrogen (secondary N) is 1. The number of benzene rings is 2. The highest BCUT2D eigenvalue weighted by Gasteiger charge is 2.21. The van der Waals surface area contributed by atoms with Gasteiger partial charge in [-0.15, -0.1) is 11.3 Å². The fraction of sp³-hybridized carbons (Fsp3) is 0.125. The summed E-state index contributed by atoms with van der Waals surface area (Å²) < 4.78 is 0. The highest BCUT2D eigenvalue weighted by atomic mass is 32.1. The molecule has 2 heterocycles. The molecule has 6 heteroatoms. The Bertz CT molecular complexity index is 1290. The van der Waals surface area contributed by atoms with Crippen molar-refractivity contribution in [3.8, 4) is 11.3 Å². The van der Waals surface area contributed by atoms with Gasteiger partial charge in [0.15, 0.2) is 0 Å². The molecule has 5 nitrogen and oxygen atoms in total. The SMILES string of the molecule is Cc1ccc(-c2cc(C(=O)Nc3sc(C)c(C)c3C(N)=O)c3ccccc3n2)cc1. The number of anilines is 1. The molecule has 0 bridgehead atoms. The van der Waals surface area contributed by atoms with Crippen molar-refractivity contribution < 1.29 is 9.59 Å². The molecule has 4 rings (SSSR count). The van der Waals surface area contributed by atoms with Gasteiger partial charge >= 0.3 is 0 Å². The molecule has 0 atom stereocenters. The number of fused-ring (bicyclic) bond motifs is 1. The summed E-state index contributed by atoms with van der Waals surface area (Å²) >= 11 is 1.35. The van der Waals surface area contributed by atoms with E-state index in [0.717, 1.165) is 32.5 Å². The third-order valence-electron chi connectivity index (χ3n) is 5.17. The van der Waals surface area contributed by atoms with Crippen LogP contribution in [0.25, 0.3) is 22.2 Å². The first-order valence-corrected chi connectivity index (χ1v) is 10.3. The van der Waals surface area contributed by atoms with Gasteiger partial charge in [0.05, 0.1) is 22.3 Å². The normalized spacial score (nSPS) is 10.9. The van der Waals surface area contributed by atoms with Crippen molar-refractivity contribution in [2.75, 3.05) is 5.32 Å². The lowest BCUT2D eigenvalue weighted by molar-refractivity contribution is 0.100. The molecule has 0 unspecified atom stereocenters. The number of thiophene rings is 1. The summed E-state index contributed by atoms with van der Waals surface area (Å²) in [4.78, 5) is 30.9. The Kier molecular flexibility index (Phi) is 5.10. The molecule has 0 saturated heterocycles. The first kappa shape index (κ1) is 19.8. The van der Waals surface area contributed by atoms with Crippen molar-refractivity contribution in [3.05, 3.63) is 81.7 Å². The van der Waals surface area contributed by atoms with Crippen molar-refractivity contribution in [1.29, 1.82) is 0 Å². The molecule has 0 aliphatic rings. The predicted octanol–water partition coefficient (Wildman–Crippen LogP) is 5.24. The van der Waals surface area contributed by atoms with Crippen molar-refractivity contribution in [2.24, 2.45) is 5.73 Å². The van der Waals surface area contributed by atoms with Crippen LogP contribution in [0.3, 0.4) is 0 Å². The first-order chi connectivity index (χ1) is 14.3. The van der Waals surface area contributed by atoms with Gasteiger partial charge in [0.2, 0.25) is 0 Å². The van der Waals surface area contributed by atoms with Gasteiger partial charge < -0.3 is 11.1 Å². The number of hydrogen-bond donors (Lipinski definition) is 2. The van der Waals surface area contributed by atoms with Crippen LogP contribution in [0.15, 0.2) is 54.6 Å². The molecule has 2 aromatic heterocycles. The van der Waals surface area contributed by atoms with E-state index < -0.39 is 5.91 Å². The molecule has 3 N–H and O–H groups in total. The largest absolute Gasteiger partial charge is 0.365 e. The molecule has 2 amide bonds. The van der Waals surface area contributed by atoms with E-state index in [1.165, 1.54) is 11.3 Å². The van der Waals surface area contributed by atoms with Gasteiger partial charge in [-0.2, -0.15) is 0 Å². The third-order valence-corrected chi connectivity index (χ3v) is 6.29. The maximum Gasteiger partial charge on any atom is 0.257 e. The minimum atomic E-state index is -0.549. The Hall–Kier alpha value is -3.51. The van der Waals surface area contributed by atoms with Gasteiger partial charge in [-0.3, -0.25) is 9.59 Å². The molecule has 0 aliphatic carbocycles. The molecule has 4 aromatic rings. The van der Waals surface area contributed by atoms with Gasteiger partial charge in [-0.1, -0.05) is 48.0 Å². The molecule has 0 fully saturated rings. The Balaban J connectivity index is 1.82. The maximum atomic E-state index is 13.3. The second kappa shape index (κ2) is 7.72. The van der Waals surface area contributed by atoms with Gasteiger partial charge in [-0.25, -0.2) is 4.98 Å². The second-order valence-electron chi connectivity index (χ2n) is 7.24. The van der Waals surface area contributed by atoms with Crippen molar-refractivity contribution in [1.82, 2.24) is 4.98 Å². The molecule has 0 aliphatic heterocycles. The maximum absolute atomic E-state index is 13.3. The van der Waals surface area contributed by atoms with E-state index in [4.69, 9.17) is 10.7 Å². The zero-order valence-electron chi connectivity index (χ0n) is 16.9. The van der Waals surface area contributed by atoms with Crippen LogP contribution in [-0.4, -0.2) is 16.8 Å². The van der Waals surface area contributed by atoms with Crippen LogP contribution in [-0.2, 0) is 0 Å². The minimum absolute atomic E-state index is 0.300. The number of carbonyl (C=O) groups excluding carboxylic acids is 2. The van der Waals surface area contributed by atoms with Crippen LogP contribution < -0.4 is 11.1 Å². The number of primary amides is 1. The summed E-state index contributed by atoms with van der Waals surface area (Å²) in [7, 11) is 0. The highest BCUT2D eigenvalue weighted by Crippen LogP contribution is 2.33. The number of para-hydroxylation sites is 1. The van der Waals surface area contributed by atoms with Crippen LogP contribution in [0.4, 0.5) is 5.00 Å². The van der Waals surface area contributed by atoms with Crippen LogP contribution >= 0.6 is 11.3 Å². The molecular formula is C24H21N3O2S. The topological polar surface area (TPSA) is 85.1 Å². The third kappa shape index (κ3) is 3.57. The fourth-order valence-electron chi connectivity index (χ4n) is 3.42. The number of hydrogen-bond acceptors (Lipinski definition) is 4. The quantitative estimate of drug-likeness (QED) is 0.478. The predicted molar refractivity (Wildman–Crippen MR) is 122 cm³/mol. The lowest BCUT2D eigenvalue weighted by atomic mass is 10.0. The first-order valence-electron chi connectivity index (χ1n) is 9.53. The standard InChI is InChI=1S/C24H21N3O2S/c1-13-8-10-16(11-9-13)20-12-18(17-6-4-5-7-19(17)26-20)23(29)27-24-21(22(25)28)14(2)15(3)30-24/h4-12H,1-3H3,(H2,25,28)(H,27,29). The van der Waals surface area contributed by atoms with Crippen LogP contribution in [0.2, 0.25) is 0 Å². The zero-order chi connectivity index (χ0) is 21.4. The monoisotopic (exact) mass is 415 g/mol. The van der Waals surface area contributed by atoms with Crippen molar-refractivity contribution in [3.63, 3.8) is 0 Å². The van der Waals surface area contributed by atoms with E-state index in [9.17, 15) is 9.59 Å². The molecule has 0 spiro atoms. The number of nitrogens with two attached hydrogens (primary N) is 1.